The molecular weight excluding hydrogens is 384 g/mol. The number of hydrogen-bond acceptors (Lipinski definition) is 6. The molecular formula is C18H24N4O7. The topological polar surface area (TPSA) is 188 Å². The second kappa shape index (κ2) is 11.4. The van der Waals surface area contributed by atoms with Gasteiger partial charge in [-0.25, -0.2) is 0 Å². The largest absolute Gasteiger partial charge is 0.481 e. The second-order valence-corrected chi connectivity index (χ2v) is 6.30. The quantitative estimate of drug-likeness (QED) is 0.248. The molecule has 0 radical (unpaired) electrons. The van der Waals surface area contributed by atoms with E-state index in [1.807, 2.05) is 0 Å². The summed E-state index contributed by atoms with van der Waals surface area (Å²) in [5.41, 5.74) is 6.24. The number of amides is 3. The molecule has 0 heterocycles. The highest BCUT2D eigenvalue weighted by Crippen LogP contribution is 2.05. The van der Waals surface area contributed by atoms with Crippen LogP contribution in [0, 0.1) is 0 Å². The Kier molecular flexibility index (Phi) is 9.26. The number of hydrogen-bond donors (Lipinski definition) is 6. The number of carbonyl (C=O) groups is 5. The molecule has 0 bridgehead atoms. The van der Waals surface area contributed by atoms with Crippen molar-refractivity contribution < 1.29 is 34.2 Å². The lowest BCUT2D eigenvalue weighted by molar-refractivity contribution is -0.139. The van der Waals surface area contributed by atoms with Gasteiger partial charge in [0.1, 0.15) is 18.6 Å². The van der Waals surface area contributed by atoms with E-state index < -0.39 is 60.8 Å². The number of carbonyl (C=O) groups excluding carboxylic acids is 3. The van der Waals surface area contributed by atoms with Crippen molar-refractivity contribution in [3.05, 3.63) is 35.9 Å². The Bertz CT molecular complexity index is 754. The van der Waals surface area contributed by atoms with Crippen LogP contribution in [0.5, 0.6) is 0 Å². The zero-order valence-corrected chi connectivity index (χ0v) is 15.8. The van der Waals surface area contributed by atoms with Gasteiger partial charge >= 0.3 is 11.9 Å². The first-order valence-corrected chi connectivity index (χ1v) is 8.71. The lowest BCUT2D eigenvalue weighted by Crippen LogP contribution is -2.56. The summed E-state index contributed by atoms with van der Waals surface area (Å²) in [5, 5.41) is 24.3. The van der Waals surface area contributed by atoms with Crippen molar-refractivity contribution in [1.29, 1.82) is 0 Å². The molecule has 0 fully saturated rings. The van der Waals surface area contributed by atoms with Crippen molar-refractivity contribution in [1.82, 2.24) is 16.0 Å². The first-order chi connectivity index (χ1) is 13.6. The van der Waals surface area contributed by atoms with E-state index in [2.05, 4.69) is 16.0 Å². The van der Waals surface area contributed by atoms with Crippen LogP contribution >= 0.6 is 0 Å². The van der Waals surface area contributed by atoms with E-state index in [1.165, 1.54) is 6.92 Å². The van der Waals surface area contributed by atoms with Crippen molar-refractivity contribution in [3.8, 4) is 0 Å². The monoisotopic (exact) mass is 408 g/mol. The minimum Gasteiger partial charge on any atom is -0.481 e. The summed E-state index contributed by atoms with van der Waals surface area (Å²) in [7, 11) is 0. The predicted octanol–water partition coefficient (Wildman–Crippen LogP) is -1.78. The molecule has 3 amide bonds. The lowest BCUT2D eigenvalue weighted by atomic mass is 10.0. The highest BCUT2D eigenvalue weighted by Gasteiger charge is 2.27. The van der Waals surface area contributed by atoms with E-state index in [-0.39, 0.29) is 6.42 Å². The number of nitrogens with two attached hydrogens (primary N) is 1. The fourth-order valence-electron chi connectivity index (χ4n) is 2.31. The molecule has 1 aromatic carbocycles. The number of rotatable bonds is 11. The first kappa shape index (κ1) is 23.6. The van der Waals surface area contributed by atoms with Crippen molar-refractivity contribution in [3.63, 3.8) is 0 Å². The van der Waals surface area contributed by atoms with Crippen molar-refractivity contribution in [2.75, 3.05) is 6.54 Å². The van der Waals surface area contributed by atoms with Crippen LogP contribution in [0.3, 0.4) is 0 Å². The third-order valence-electron chi connectivity index (χ3n) is 3.81. The average molecular weight is 408 g/mol. The fraction of sp³-hybridized carbons (Fsp3) is 0.389. The minimum atomic E-state index is -1.35. The SMILES string of the molecule is CC(NC(=O)C(Cc1ccccc1)NC(=O)C(N)CC(=O)O)C(=O)NCC(=O)O. The smallest absolute Gasteiger partial charge is 0.322 e. The molecule has 0 saturated carbocycles. The van der Waals surface area contributed by atoms with Gasteiger partial charge in [0.25, 0.3) is 0 Å². The molecule has 0 aliphatic carbocycles. The molecule has 29 heavy (non-hydrogen) atoms. The summed E-state index contributed by atoms with van der Waals surface area (Å²) in [4.78, 5) is 57.9. The van der Waals surface area contributed by atoms with Crippen LogP contribution in [0.25, 0.3) is 0 Å². The second-order valence-electron chi connectivity index (χ2n) is 6.30. The van der Waals surface area contributed by atoms with Crippen molar-refractivity contribution in [2.24, 2.45) is 5.73 Å². The molecule has 3 atom stereocenters. The lowest BCUT2D eigenvalue weighted by Gasteiger charge is -2.22. The van der Waals surface area contributed by atoms with Crippen LogP contribution in [0.15, 0.2) is 30.3 Å². The molecule has 11 heteroatoms. The number of benzene rings is 1. The summed E-state index contributed by atoms with van der Waals surface area (Å²) < 4.78 is 0. The van der Waals surface area contributed by atoms with Crippen LogP contribution in [-0.4, -0.2) is 64.5 Å². The van der Waals surface area contributed by atoms with Gasteiger partial charge in [-0.2, -0.15) is 0 Å². The average Bonchev–Trinajstić information content (AvgIpc) is 2.65. The van der Waals surface area contributed by atoms with Gasteiger partial charge in [-0.15, -0.1) is 0 Å². The maximum absolute atomic E-state index is 12.6. The summed E-state index contributed by atoms with van der Waals surface area (Å²) in [5.74, 6) is -4.75. The molecule has 0 aliphatic heterocycles. The molecule has 0 spiro atoms. The van der Waals surface area contributed by atoms with Crippen LogP contribution in [-0.2, 0) is 30.4 Å². The third-order valence-corrected chi connectivity index (χ3v) is 3.81. The number of carboxylic acid groups (broad SMARTS) is 2. The van der Waals surface area contributed by atoms with Gasteiger partial charge in [-0.3, -0.25) is 24.0 Å². The summed E-state index contributed by atoms with van der Waals surface area (Å²) in [6.45, 7) is 0.750. The molecule has 1 rings (SSSR count). The van der Waals surface area contributed by atoms with Crippen LogP contribution in [0.4, 0.5) is 0 Å². The van der Waals surface area contributed by atoms with Gasteiger partial charge in [0.2, 0.25) is 17.7 Å². The van der Waals surface area contributed by atoms with Gasteiger partial charge in [-0.05, 0) is 12.5 Å². The number of carboxylic acids is 2. The molecule has 1 aromatic rings. The minimum absolute atomic E-state index is 0.0711. The fourth-order valence-corrected chi connectivity index (χ4v) is 2.31. The van der Waals surface area contributed by atoms with E-state index >= 15 is 0 Å². The van der Waals surface area contributed by atoms with Crippen LogP contribution < -0.4 is 21.7 Å². The Morgan fingerprint density at radius 1 is 0.931 bits per heavy atom. The van der Waals surface area contributed by atoms with Crippen molar-refractivity contribution >= 4 is 29.7 Å². The van der Waals surface area contributed by atoms with Gasteiger partial charge in [0, 0.05) is 6.42 Å². The van der Waals surface area contributed by atoms with Crippen LogP contribution in [0.1, 0.15) is 18.9 Å². The summed E-state index contributed by atoms with van der Waals surface area (Å²) in [6, 6.07) is 5.17. The van der Waals surface area contributed by atoms with Gasteiger partial charge in [0.15, 0.2) is 0 Å². The summed E-state index contributed by atoms with van der Waals surface area (Å²) in [6.07, 6.45) is -0.540. The van der Waals surface area contributed by atoms with E-state index in [0.717, 1.165) is 0 Å². The Labute approximate surface area is 166 Å². The molecule has 0 aliphatic rings. The van der Waals surface area contributed by atoms with Crippen LogP contribution in [0.2, 0.25) is 0 Å². The van der Waals surface area contributed by atoms with Gasteiger partial charge in [-0.1, -0.05) is 30.3 Å². The highest BCUT2D eigenvalue weighted by atomic mass is 16.4. The van der Waals surface area contributed by atoms with E-state index in [1.54, 1.807) is 30.3 Å². The normalized spacial score (nSPS) is 13.4. The van der Waals surface area contributed by atoms with Gasteiger partial charge < -0.3 is 31.9 Å². The third kappa shape index (κ3) is 8.84. The first-order valence-electron chi connectivity index (χ1n) is 8.71. The Hall–Kier alpha value is -3.47. The molecule has 0 saturated heterocycles. The van der Waals surface area contributed by atoms with Crippen molar-refractivity contribution in [2.45, 2.75) is 37.9 Å². The molecule has 0 aromatic heterocycles. The van der Waals surface area contributed by atoms with E-state index in [4.69, 9.17) is 15.9 Å². The van der Waals surface area contributed by atoms with Gasteiger partial charge in [0.05, 0.1) is 12.5 Å². The Morgan fingerprint density at radius 2 is 1.55 bits per heavy atom. The highest BCUT2D eigenvalue weighted by molar-refractivity contribution is 5.94. The summed E-state index contributed by atoms with van der Waals surface area (Å²) >= 11 is 0. The zero-order valence-electron chi connectivity index (χ0n) is 15.8. The zero-order chi connectivity index (χ0) is 22.0. The number of aliphatic carboxylic acids is 2. The predicted molar refractivity (Wildman–Crippen MR) is 101 cm³/mol. The maximum Gasteiger partial charge on any atom is 0.322 e. The molecule has 11 nitrogen and oxygen atoms in total. The maximum atomic E-state index is 12.6. The van der Waals surface area contributed by atoms with E-state index in [9.17, 15) is 24.0 Å². The number of nitrogens with one attached hydrogen (secondary N) is 3. The standard InChI is InChI=1S/C18H24N4O7/c1-10(16(27)20-9-15(25)26)21-18(29)13(7-11-5-3-2-4-6-11)22-17(28)12(19)8-14(23)24/h2-6,10,12-13H,7-9,19H2,1H3,(H,20,27)(H,21,29)(H,22,28)(H,23,24)(H,25,26). The van der Waals surface area contributed by atoms with E-state index in [0.29, 0.717) is 5.56 Å². The Balaban J connectivity index is 2.84. The Morgan fingerprint density at radius 3 is 2.10 bits per heavy atom. The molecule has 7 N–H and O–H groups in total. The molecule has 3 unspecified atom stereocenters. The molecule has 158 valence electrons.